The molecule has 3 heterocycles. The Bertz CT molecular complexity index is 977. The minimum absolute atomic E-state index is 0.0222. The molecule has 1 aromatic carbocycles. The second kappa shape index (κ2) is 8.03. The number of carbonyl (C=O) groups is 1. The van der Waals surface area contributed by atoms with Gasteiger partial charge < -0.3 is 14.2 Å². The first-order valence-electron chi connectivity index (χ1n) is 9.14. The molecule has 0 bridgehead atoms. The summed E-state index contributed by atoms with van der Waals surface area (Å²) in [4.78, 5) is 15.4. The van der Waals surface area contributed by atoms with Crippen LogP contribution in [0.25, 0.3) is 11.1 Å². The summed E-state index contributed by atoms with van der Waals surface area (Å²) in [5, 5.41) is 9.66. The molecule has 3 aromatic rings. The molecule has 8 heteroatoms. The number of hydrogen-bond donors (Lipinski definition) is 0. The molecule has 1 fully saturated rings. The third-order valence-electron chi connectivity index (χ3n) is 5.16. The third-order valence-corrected chi connectivity index (χ3v) is 6.10. The Balaban J connectivity index is 1.86. The maximum absolute atomic E-state index is 13.6. The van der Waals surface area contributed by atoms with Gasteiger partial charge in [-0.3, -0.25) is 4.79 Å². The zero-order valence-corrected chi connectivity index (χ0v) is 17.4. The summed E-state index contributed by atoms with van der Waals surface area (Å²) < 4.78 is 7.49. The molecule has 0 aliphatic carbocycles. The van der Waals surface area contributed by atoms with Crippen molar-refractivity contribution in [1.29, 1.82) is 0 Å². The fourth-order valence-corrected chi connectivity index (χ4v) is 4.21. The summed E-state index contributed by atoms with van der Waals surface area (Å²) >= 11 is 7.58. The van der Waals surface area contributed by atoms with Gasteiger partial charge in [0, 0.05) is 29.4 Å². The smallest absolute Gasteiger partial charge is 0.271 e. The second-order valence-corrected chi connectivity index (χ2v) is 8.12. The molecule has 146 valence electrons. The van der Waals surface area contributed by atoms with Crippen LogP contribution in [0, 0.1) is 13.8 Å². The van der Waals surface area contributed by atoms with Crippen molar-refractivity contribution in [3.05, 3.63) is 56.8 Å². The highest BCUT2D eigenvalue weighted by molar-refractivity contribution is 7.09. The van der Waals surface area contributed by atoms with Gasteiger partial charge in [0.05, 0.1) is 19.8 Å². The summed E-state index contributed by atoms with van der Waals surface area (Å²) in [7, 11) is 0. The van der Waals surface area contributed by atoms with Crippen LogP contribution < -0.4 is 0 Å². The molecule has 0 N–H and O–H groups in total. The number of benzene rings is 1. The Labute approximate surface area is 172 Å². The van der Waals surface area contributed by atoms with E-state index in [0.717, 1.165) is 27.4 Å². The minimum Gasteiger partial charge on any atom is -0.378 e. The molecular weight excluding hydrogens is 396 g/mol. The van der Waals surface area contributed by atoms with Gasteiger partial charge in [0.1, 0.15) is 16.2 Å². The van der Waals surface area contributed by atoms with Gasteiger partial charge in [-0.1, -0.05) is 23.7 Å². The highest BCUT2D eigenvalue weighted by Crippen LogP contribution is 2.34. The Morgan fingerprint density at radius 1 is 1.21 bits per heavy atom. The van der Waals surface area contributed by atoms with E-state index in [-0.39, 0.29) is 5.91 Å². The van der Waals surface area contributed by atoms with Crippen molar-refractivity contribution in [3.8, 4) is 11.1 Å². The van der Waals surface area contributed by atoms with Crippen molar-refractivity contribution in [1.82, 2.24) is 19.7 Å². The fourth-order valence-electron chi connectivity index (χ4n) is 3.57. The zero-order chi connectivity index (χ0) is 19.7. The zero-order valence-electron chi connectivity index (χ0n) is 15.8. The molecule has 1 amide bonds. The maximum atomic E-state index is 13.6. The number of rotatable bonds is 4. The van der Waals surface area contributed by atoms with Crippen LogP contribution in [0.4, 0.5) is 0 Å². The molecule has 1 aliphatic heterocycles. The third kappa shape index (κ3) is 3.57. The lowest BCUT2D eigenvalue weighted by Gasteiger charge is -2.28. The molecule has 6 nitrogen and oxygen atoms in total. The van der Waals surface area contributed by atoms with E-state index in [1.807, 2.05) is 36.1 Å². The van der Waals surface area contributed by atoms with Crippen molar-refractivity contribution in [3.63, 3.8) is 0 Å². The van der Waals surface area contributed by atoms with E-state index in [0.29, 0.717) is 43.6 Å². The minimum atomic E-state index is 0.0222. The van der Waals surface area contributed by atoms with Crippen LogP contribution in [0.1, 0.15) is 26.8 Å². The predicted molar refractivity (Wildman–Crippen MR) is 110 cm³/mol. The van der Waals surface area contributed by atoms with Gasteiger partial charge in [0.25, 0.3) is 5.91 Å². The molecule has 28 heavy (non-hydrogen) atoms. The SMILES string of the molecule is Cc1c(-c2ccc(Cl)cc2)c(C(=O)N2CCOCC2)n(Cc2nncs2)c1C. The van der Waals surface area contributed by atoms with Crippen molar-refractivity contribution in [2.75, 3.05) is 26.3 Å². The number of hydrogen-bond acceptors (Lipinski definition) is 5. The molecule has 4 rings (SSSR count). The summed E-state index contributed by atoms with van der Waals surface area (Å²) in [5.41, 5.74) is 6.48. The molecule has 1 saturated heterocycles. The normalized spacial score (nSPS) is 14.5. The Morgan fingerprint density at radius 2 is 1.93 bits per heavy atom. The van der Waals surface area contributed by atoms with Gasteiger partial charge in [-0.15, -0.1) is 21.5 Å². The van der Waals surface area contributed by atoms with Crippen LogP contribution in [0.15, 0.2) is 29.8 Å². The van der Waals surface area contributed by atoms with Gasteiger partial charge in [-0.25, -0.2) is 0 Å². The Hall–Kier alpha value is -2.22. The first-order chi connectivity index (χ1) is 13.6. The lowest BCUT2D eigenvalue weighted by atomic mass is 10.0. The lowest BCUT2D eigenvalue weighted by molar-refractivity contribution is 0.0296. The van der Waals surface area contributed by atoms with Gasteiger partial charge in [-0.2, -0.15) is 0 Å². The highest BCUT2D eigenvalue weighted by Gasteiger charge is 2.29. The summed E-state index contributed by atoms with van der Waals surface area (Å²) in [6.07, 6.45) is 0. The maximum Gasteiger partial charge on any atom is 0.271 e. The summed E-state index contributed by atoms with van der Waals surface area (Å²) in [5.74, 6) is 0.0222. The fraction of sp³-hybridized carbons (Fsp3) is 0.350. The monoisotopic (exact) mass is 416 g/mol. The van der Waals surface area contributed by atoms with Gasteiger partial charge in [-0.05, 0) is 37.1 Å². The van der Waals surface area contributed by atoms with E-state index in [1.165, 1.54) is 11.3 Å². The number of morpholine rings is 1. The molecule has 0 spiro atoms. The number of aromatic nitrogens is 3. The molecular formula is C20H21ClN4O2S. The molecule has 0 radical (unpaired) electrons. The van der Waals surface area contributed by atoms with Crippen molar-refractivity contribution < 1.29 is 9.53 Å². The second-order valence-electron chi connectivity index (χ2n) is 6.76. The van der Waals surface area contributed by atoms with E-state index in [4.69, 9.17) is 16.3 Å². The summed E-state index contributed by atoms with van der Waals surface area (Å²) in [6, 6.07) is 7.65. The van der Waals surface area contributed by atoms with Crippen molar-refractivity contribution in [2.24, 2.45) is 0 Å². The highest BCUT2D eigenvalue weighted by atomic mass is 35.5. The van der Waals surface area contributed by atoms with Gasteiger partial charge >= 0.3 is 0 Å². The van der Waals surface area contributed by atoms with E-state index in [2.05, 4.69) is 21.7 Å². The predicted octanol–water partition coefficient (Wildman–Crippen LogP) is 3.80. The number of nitrogens with zero attached hydrogens (tertiary/aromatic N) is 4. The van der Waals surface area contributed by atoms with E-state index >= 15 is 0 Å². The molecule has 2 aromatic heterocycles. The number of carbonyl (C=O) groups excluding carboxylic acids is 1. The van der Waals surface area contributed by atoms with Crippen LogP contribution in [0.5, 0.6) is 0 Å². The van der Waals surface area contributed by atoms with Crippen molar-refractivity contribution in [2.45, 2.75) is 20.4 Å². The molecule has 0 saturated carbocycles. The number of amides is 1. The Morgan fingerprint density at radius 3 is 2.57 bits per heavy atom. The number of halogens is 1. The van der Waals surface area contributed by atoms with Crippen molar-refractivity contribution >= 4 is 28.8 Å². The van der Waals surface area contributed by atoms with E-state index < -0.39 is 0 Å². The van der Waals surface area contributed by atoms with E-state index in [9.17, 15) is 4.79 Å². The lowest BCUT2D eigenvalue weighted by Crippen LogP contribution is -2.41. The first-order valence-corrected chi connectivity index (χ1v) is 10.4. The number of ether oxygens (including phenoxy) is 1. The van der Waals surface area contributed by atoms with Crippen LogP contribution >= 0.6 is 22.9 Å². The average Bonchev–Trinajstić information content (AvgIpc) is 3.31. The van der Waals surface area contributed by atoms with Crippen LogP contribution in [-0.2, 0) is 11.3 Å². The van der Waals surface area contributed by atoms with E-state index in [1.54, 1.807) is 5.51 Å². The van der Waals surface area contributed by atoms with Crippen LogP contribution in [0.3, 0.4) is 0 Å². The average molecular weight is 417 g/mol. The van der Waals surface area contributed by atoms with Gasteiger partial charge in [0.15, 0.2) is 0 Å². The molecule has 0 unspecified atom stereocenters. The quantitative estimate of drug-likeness (QED) is 0.649. The topological polar surface area (TPSA) is 60.2 Å². The van der Waals surface area contributed by atoms with Gasteiger partial charge in [0.2, 0.25) is 0 Å². The Kier molecular flexibility index (Phi) is 5.48. The molecule has 0 atom stereocenters. The summed E-state index contributed by atoms with van der Waals surface area (Å²) in [6.45, 7) is 6.96. The van der Waals surface area contributed by atoms with Crippen LogP contribution in [-0.4, -0.2) is 51.9 Å². The molecule has 1 aliphatic rings. The van der Waals surface area contributed by atoms with Crippen LogP contribution in [0.2, 0.25) is 5.02 Å². The standard InChI is InChI=1S/C20H21ClN4O2S/c1-13-14(2)25(11-17-23-22-12-28-17)19(20(26)24-7-9-27-10-8-24)18(13)15-3-5-16(21)6-4-15/h3-6,12H,7-11H2,1-2H3. The largest absolute Gasteiger partial charge is 0.378 e. The first kappa shape index (κ1) is 19.1.